The van der Waals surface area contributed by atoms with Crippen molar-refractivity contribution in [3.05, 3.63) is 35.5 Å². The molecule has 0 fully saturated rings. The zero-order chi connectivity index (χ0) is 11.7. The maximum absolute atomic E-state index is 10.9. The van der Waals surface area contributed by atoms with E-state index in [1.807, 2.05) is 18.2 Å². The third kappa shape index (κ3) is 1.69. The van der Waals surface area contributed by atoms with Crippen molar-refractivity contribution in [2.24, 2.45) is 0 Å². The average molecular weight is 217 g/mol. The van der Waals surface area contributed by atoms with E-state index in [4.69, 9.17) is 5.11 Å². The Kier molecular flexibility index (Phi) is 2.69. The first-order valence-electron chi connectivity index (χ1n) is 5.46. The molecule has 16 heavy (non-hydrogen) atoms. The predicted molar refractivity (Wildman–Crippen MR) is 63.7 cm³/mol. The third-order valence-electron chi connectivity index (χ3n) is 2.99. The molecule has 0 saturated heterocycles. The van der Waals surface area contributed by atoms with Crippen molar-refractivity contribution in [2.45, 2.75) is 26.2 Å². The highest BCUT2D eigenvalue weighted by molar-refractivity contribution is 5.86. The number of aromatic amines is 1. The third-order valence-corrected chi connectivity index (χ3v) is 2.99. The van der Waals surface area contributed by atoms with Gasteiger partial charge in [-0.25, -0.2) is 0 Å². The summed E-state index contributed by atoms with van der Waals surface area (Å²) in [6.07, 6.45) is 0.954. The van der Waals surface area contributed by atoms with Crippen LogP contribution in [-0.4, -0.2) is 16.1 Å². The number of benzene rings is 1. The normalized spacial score (nSPS) is 12.9. The van der Waals surface area contributed by atoms with E-state index >= 15 is 0 Å². The Bertz CT molecular complexity index is 528. The van der Waals surface area contributed by atoms with E-state index in [9.17, 15) is 4.79 Å². The number of fused-ring (bicyclic) bond motifs is 1. The van der Waals surface area contributed by atoms with Crippen molar-refractivity contribution in [2.75, 3.05) is 0 Å². The van der Waals surface area contributed by atoms with Crippen LogP contribution in [0.4, 0.5) is 0 Å². The van der Waals surface area contributed by atoms with Crippen LogP contribution in [0.3, 0.4) is 0 Å². The molecule has 0 aliphatic heterocycles. The van der Waals surface area contributed by atoms with Gasteiger partial charge >= 0.3 is 5.97 Å². The lowest BCUT2D eigenvalue weighted by Crippen LogP contribution is -2.07. The molecule has 0 saturated carbocycles. The molecule has 1 unspecified atom stereocenters. The minimum absolute atomic E-state index is 0.489. The first-order chi connectivity index (χ1) is 7.63. The SMILES string of the molecule is CCc1cccc2[nH]c(C(C)C(=O)O)cc12. The average Bonchev–Trinajstić information content (AvgIpc) is 2.70. The van der Waals surface area contributed by atoms with Gasteiger partial charge in [0.25, 0.3) is 0 Å². The van der Waals surface area contributed by atoms with Crippen molar-refractivity contribution in [1.82, 2.24) is 4.98 Å². The lowest BCUT2D eigenvalue weighted by molar-refractivity contribution is -0.138. The van der Waals surface area contributed by atoms with Crippen LogP contribution in [-0.2, 0) is 11.2 Å². The number of carboxylic acids is 1. The van der Waals surface area contributed by atoms with Crippen molar-refractivity contribution < 1.29 is 9.90 Å². The molecule has 3 nitrogen and oxygen atoms in total. The Morgan fingerprint density at radius 2 is 2.25 bits per heavy atom. The van der Waals surface area contributed by atoms with Crippen molar-refractivity contribution in [1.29, 1.82) is 0 Å². The largest absolute Gasteiger partial charge is 0.481 e. The van der Waals surface area contributed by atoms with Gasteiger partial charge < -0.3 is 10.1 Å². The lowest BCUT2D eigenvalue weighted by atomic mass is 10.1. The molecule has 84 valence electrons. The Balaban J connectivity index is 2.55. The highest BCUT2D eigenvalue weighted by Crippen LogP contribution is 2.24. The quantitative estimate of drug-likeness (QED) is 0.830. The van der Waals surface area contributed by atoms with Crippen LogP contribution in [0.1, 0.15) is 31.0 Å². The van der Waals surface area contributed by atoms with Gasteiger partial charge in [-0.05, 0) is 31.0 Å². The molecular weight excluding hydrogens is 202 g/mol. The number of aryl methyl sites for hydroxylation is 1. The topological polar surface area (TPSA) is 53.1 Å². The fraction of sp³-hybridized carbons (Fsp3) is 0.308. The maximum Gasteiger partial charge on any atom is 0.312 e. The molecule has 3 heteroatoms. The summed E-state index contributed by atoms with van der Waals surface area (Å²) in [5.74, 6) is -1.29. The van der Waals surface area contributed by atoms with E-state index in [0.717, 1.165) is 23.0 Å². The number of carboxylic acid groups (broad SMARTS) is 1. The minimum atomic E-state index is -0.801. The first kappa shape index (κ1) is 10.7. The summed E-state index contributed by atoms with van der Waals surface area (Å²) in [6, 6.07) is 8.00. The lowest BCUT2D eigenvalue weighted by Gasteiger charge is -2.01. The van der Waals surface area contributed by atoms with E-state index < -0.39 is 11.9 Å². The first-order valence-corrected chi connectivity index (χ1v) is 5.46. The summed E-state index contributed by atoms with van der Waals surface area (Å²) in [7, 11) is 0. The minimum Gasteiger partial charge on any atom is -0.481 e. The van der Waals surface area contributed by atoms with Gasteiger partial charge in [0.2, 0.25) is 0 Å². The Hall–Kier alpha value is -1.77. The van der Waals surface area contributed by atoms with E-state index in [0.29, 0.717) is 0 Å². The molecule has 2 N–H and O–H groups in total. The Morgan fingerprint density at radius 3 is 2.88 bits per heavy atom. The van der Waals surface area contributed by atoms with Gasteiger partial charge in [0.1, 0.15) is 0 Å². The molecule has 2 aromatic rings. The van der Waals surface area contributed by atoms with Crippen LogP contribution in [0.25, 0.3) is 10.9 Å². The number of carbonyl (C=O) groups is 1. The highest BCUT2D eigenvalue weighted by atomic mass is 16.4. The second-order valence-corrected chi connectivity index (χ2v) is 4.02. The summed E-state index contributed by atoms with van der Waals surface area (Å²) in [5.41, 5.74) is 3.03. The number of hydrogen-bond donors (Lipinski definition) is 2. The summed E-state index contributed by atoms with van der Waals surface area (Å²) in [5, 5.41) is 10.1. The molecule has 0 aliphatic rings. The van der Waals surface area contributed by atoms with Crippen LogP contribution < -0.4 is 0 Å². The van der Waals surface area contributed by atoms with Crippen LogP contribution in [0.5, 0.6) is 0 Å². The monoisotopic (exact) mass is 217 g/mol. The summed E-state index contributed by atoms with van der Waals surface area (Å²) in [6.45, 7) is 3.79. The summed E-state index contributed by atoms with van der Waals surface area (Å²) in [4.78, 5) is 14.1. The fourth-order valence-electron chi connectivity index (χ4n) is 1.91. The number of aliphatic carboxylic acids is 1. The van der Waals surface area contributed by atoms with Gasteiger partial charge in [-0.15, -0.1) is 0 Å². The van der Waals surface area contributed by atoms with E-state index in [1.165, 1.54) is 5.56 Å². The van der Waals surface area contributed by atoms with Gasteiger partial charge in [0, 0.05) is 16.6 Å². The standard InChI is InChI=1S/C13H15NO2/c1-3-9-5-4-6-11-10(9)7-12(14-11)8(2)13(15)16/h4-8,14H,3H2,1-2H3,(H,15,16). The molecular formula is C13H15NO2. The maximum atomic E-state index is 10.9. The molecule has 1 heterocycles. The molecule has 1 aromatic carbocycles. The Morgan fingerprint density at radius 1 is 1.50 bits per heavy atom. The molecule has 0 spiro atoms. The smallest absolute Gasteiger partial charge is 0.312 e. The van der Waals surface area contributed by atoms with Gasteiger partial charge in [-0.2, -0.15) is 0 Å². The van der Waals surface area contributed by atoms with Gasteiger partial charge in [0.05, 0.1) is 5.92 Å². The number of aromatic nitrogens is 1. The molecule has 0 bridgehead atoms. The van der Waals surface area contributed by atoms with E-state index in [1.54, 1.807) is 6.92 Å². The molecule has 2 rings (SSSR count). The molecule has 1 atom stereocenters. The zero-order valence-electron chi connectivity index (χ0n) is 9.45. The predicted octanol–water partition coefficient (Wildman–Crippen LogP) is 2.92. The van der Waals surface area contributed by atoms with Gasteiger partial charge in [-0.1, -0.05) is 19.1 Å². The summed E-state index contributed by atoms with van der Waals surface area (Å²) < 4.78 is 0. The number of rotatable bonds is 3. The number of nitrogens with one attached hydrogen (secondary N) is 1. The van der Waals surface area contributed by atoms with Crippen LogP contribution >= 0.6 is 0 Å². The molecule has 1 aromatic heterocycles. The van der Waals surface area contributed by atoms with Crippen molar-refractivity contribution in [3.63, 3.8) is 0 Å². The number of hydrogen-bond acceptors (Lipinski definition) is 1. The second-order valence-electron chi connectivity index (χ2n) is 4.02. The molecule has 0 amide bonds. The van der Waals surface area contributed by atoms with Crippen molar-refractivity contribution in [3.8, 4) is 0 Å². The van der Waals surface area contributed by atoms with E-state index in [-0.39, 0.29) is 0 Å². The second kappa shape index (κ2) is 4.00. The van der Waals surface area contributed by atoms with Gasteiger partial charge in [-0.3, -0.25) is 4.79 Å². The van der Waals surface area contributed by atoms with Crippen molar-refractivity contribution >= 4 is 16.9 Å². The molecule has 0 radical (unpaired) electrons. The van der Waals surface area contributed by atoms with Crippen LogP contribution in [0.15, 0.2) is 24.3 Å². The highest BCUT2D eigenvalue weighted by Gasteiger charge is 2.16. The molecule has 0 aliphatic carbocycles. The zero-order valence-corrected chi connectivity index (χ0v) is 9.45. The fourth-order valence-corrected chi connectivity index (χ4v) is 1.91. The number of H-pyrrole nitrogens is 1. The van der Waals surface area contributed by atoms with Crippen LogP contribution in [0, 0.1) is 0 Å². The summed E-state index contributed by atoms with van der Waals surface area (Å²) >= 11 is 0. The van der Waals surface area contributed by atoms with E-state index in [2.05, 4.69) is 18.0 Å². The van der Waals surface area contributed by atoms with Crippen LogP contribution in [0.2, 0.25) is 0 Å². The van der Waals surface area contributed by atoms with Gasteiger partial charge in [0.15, 0.2) is 0 Å². The Labute approximate surface area is 94.1 Å².